The molecular weight excluding hydrogens is 264 g/mol. The summed E-state index contributed by atoms with van der Waals surface area (Å²) in [6, 6.07) is 4.23. The number of hydrogen-bond acceptors (Lipinski definition) is 6. The van der Waals surface area contributed by atoms with Crippen molar-refractivity contribution in [2.75, 3.05) is 6.54 Å². The largest absolute Gasteiger partial charge is 0.423 e. The summed E-state index contributed by atoms with van der Waals surface area (Å²) >= 11 is 0. The molecule has 1 amide bonds. The van der Waals surface area contributed by atoms with E-state index in [1.807, 2.05) is 0 Å². The minimum Gasteiger partial charge on any atom is -0.324 e. The Balaban J connectivity index is 3.02. The number of carbonyl (C=O) groups excluding carboxylic acids is 1. The quantitative estimate of drug-likeness (QED) is 0.498. The van der Waals surface area contributed by atoms with Crippen molar-refractivity contribution in [2.24, 2.45) is 0 Å². The maximum Gasteiger partial charge on any atom is 0.423 e. The zero-order valence-electron chi connectivity index (χ0n) is 9.32. The molecule has 0 bridgehead atoms. The van der Waals surface area contributed by atoms with E-state index in [4.69, 9.17) is 0 Å². The van der Waals surface area contributed by atoms with Gasteiger partial charge >= 0.3 is 16.2 Å². The van der Waals surface area contributed by atoms with E-state index < -0.39 is 31.7 Å². The van der Waals surface area contributed by atoms with Gasteiger partial charge in [-0.25, -0.2) is 4.79 Å². The SMILES string of the molecule is CCNC(=O)OS(=O)(=O)c1cccc([N+](=O)[O-])c1. The van der Waals surface area contributed by atoms with Crippen LogP contribution in [-0.4, -0.2) is 26.0 Å². The normalized spacial score (nSPS) is 10.7. The summed E-state index contributed by atoms with van der Waals surface area (Å²) in [6.07, 6.45) is -1.14. The number of benzene rings is 1. The van der Waals surface area contributed by atoms with Gasteiger partial charge in [0, 0.05) is 18.7 Å². The summed E-state index contributed by atoms with van der Waals surface area (Å²) in [6.45, 7) is 1.78. The van der Waals surface area contributed by atoms with Crippen molar-refractivity contribution in [3.05, 3.63) is 34.4 Å². The topological polar surface area (TPSA) is 116 Å². The molecule has 0 unspecified atom stereocenters. The lowest BCUT2D eigenvalue weighted by atomic mass is 10.3. The first-order valence-corrected chi connectivity index (χ1v) is 6.24. The molecule has 0 saturated heterocycles. The molecule has 8 nitrogen and oxygen atoms in total. The molecule has 1 N–H and O–H groups in total. The van der Waals surface area contributed by atoms with E-state index in [1.165, 1.54) is 6.07 Å². The van der Waals surface area contributed by atoms with Gasteiger partial charge in [0.15, 0.2) is 0 Å². The number of nitro groups is 1. The van der Waals surface area contributed by atoms with Gasteiger partial charge in [0.1, 0.15) is 4.90 Å². The van der Waals surface area contributed by atoms with E-state index in [0.29, 0.717) is 0 Å². The lowest BCUT2D eigenvalue weighted by molar-refractivity contribution is -0.385. The second-order valence-electron chi connectivity index (χ2n) is 3.11. The van der Waals surface area contributed by atoms with Crippen molar-refractivity contribution >= 4 is 21.9 Å². The fraction of sp³-hybridized carbons (Fsp3) is 0.222. The summed E-state index contributed by atoms with van der Waals surface area (Å²) < 4.78 is 27.4. The van der Waals surface area contributed by atoms with Gasteiger partial charge in [-0.15, -0.1) is 0 Å². The molecule has 0 aliphatic rings. The number of non-ortho nitro benzene ring substituents is 1. The molecule has 0 radical (unpaired) electrons. The van der Waals surface area contributed by atoms with Crippen LogP contribution < -0.4 is 5.32 Å². The zero-order valence-corrected chi connectivity index (χ0v) is 10.1. The van der Waals surface area contributed by atoms with Gasteiger partial charge in [0.25, 0.3) is 5.69 Å². The van der Waals surface area contributed by atoms with Crippen LogP contribution in [0.15, 0.2) is 29.2 Å². The van der Waals surface area contributed by atoms with E-state index >= 15 is 0 Å². The monoisotopic (exact) mass is 274 g/mol. The lowest BCUT2D eigenvalue weighted by Gasteiger charge is -2.05. The Morgan fingerprint density at radius 3 is 2.72 bits per heavy atom. The minimum atomic E-state index is -4.35. The van der Waals surface area contributed by atoms with Gasteiger partial charge in [0.05, 0.1) is 4.92 Å². The lowest BCUT2D eigenvalue weighted by Crippen LogP contribution is -2.26. The molecule has 0 aliphatic heterocycles. The van der Waals surface area contributed by atoms with Gasteiger partial charge in [-0.05, 0) is 13.0 Å². The van der Waals surface area contributed by atoms with E-state index in [2.05, 4.69) is 9.50 Å². The van der Waals surface area contributed by atoms with Crippen LogP contribution in [0.3, 0.4) is 0 Å². The second kappa shape index (κ2) is 5.45. The van der Waals surface area contributed by atoms with E-state index in [9.17, 15) is 23.3 Å². The number of nitrogens with zero attached hydrogens (tertiary/aromatic N) is 1. The average Bonchev–Trinajstić information content (AvgIpc) is 2.28. The molecule has 0 spiro atoms. The number of rotatable bonds is 4. The van der Waals surface area contributed by atoms with Crippen LogP contribution in [0.25, 0.3) is 0 Å². The first kappa shape index (κ1) is 13.9. The maximum atomic E-state index is 11.6. The molecule has 0 aromatic heterocycles. The van der Waals surface area contributed by atoms with Crippen LogP contribution in [0.1, 0.15) is 6.92 Å². The third-order valence-corrected chi connectivity index (χ3v) is 3.03. The van der Waals surface area contributed by atoms with Crippen molar-refractivity contribution in [1.82, 2.24) is 5.32 Å². The van der Waals surface area contributed by atoms with Gasteiger partial charge in [-0.3, -0.25) is 10.1 Å². The summed E-state index contributed by atoms with van der Waals surface area (Å²) in [4.78, 5) is 20.3. The zero-order chi connectivity index (χ0) is 13.8. The fourth-order valence-electron chi connectivity index (χ4n) is 1.07. The molecule has 9 heteroatoms. The summed E-state index contributed by atoms with van der Waals surface area (Å²) in [7, 11) is -4.35. The standard InChI is InChI=1S/C9H10N2O6S/c1-2-10-9(12)17-18(15,16)8-5-3-4-7(6-8)11(13)14/h3-6H,2H2,1H3,(H,10,12). The summed E-state index contributed by atoms with van der Waals surface area (Å²) in [5.41, 5.74) is -0.407. The number of hydrogen-bond donors (Lipinski definition) is 1. The van der Waals surface area contributed by atoms with Gasteiger partial charge < -0.3 is 9.50 Å². The highest BCUT2D eigenvalue weighted by Gasteiger charge is 2.22. The van der Waals surface area contributed by atoms with E-state index in [-0.39, 0.29) is 6.54 Å². The van der Waals surface area contributed by atoms with E-state index in [1.54, 1.807) is 6.92 Å². The molecule has 1 aromatic carbocycles. The van der Waals surface area contributed by atoms with Crippen molar-refractivity contribution in [1.29, 1.82) is 0 Å². The van der Waals surface area contributed by atoms with Crippen molar-refractivity contribution in [3.63, 3.8) is 0 Å². The van der Waals surface area contributed by atoms with Crippen LogP contribution in [0.5, 0.6) is 0 Å². The highest BCUT2D eigenvalue weighted by atomic mass is 32.2. The Morgan fingerprint density at radius 1 is 1.50 bits per heavy atom. The van der Waals surface area contributed by atoms with E-state index in [0.717, 1.165) is 18.2 Å². The highest BCUT2D eigenvalue weighted by Crippen LogP contribution is 2.19. The minimum absolute atomic E-state index is 0.198. The molecule has 0 atom stereocenters. The molecule has 0 fully saturated rings. The third-order valence-electron chi connectivity index (χ3n) is 1.82. The Bertz CT molecular complexity index is 568. The van der Waals surface area contributed by atoms with Crippen LogP contribution in [0.4, 0.5) is 10.5 Å². The third kappa shape index (κ3) is 3.42. The van der Waals surface area contributed by atoms with Crippen molar-refractivity contribution in [2.45, 2.75) is 11.8 Å². The Morgan fingerprint density at radius 2 is 2.17 bits per heavy atom. The smallest absolute Gasteiger partial charge is 0.324 e. The van der Waals surface area contributed by atoms with Crippen LogP contribution in [0, 0.1) is 10.1 Å². The van der Waals surface area contributed by atoms with Gasteiger partial charge in [-0.1, -0.05) is 6.07 Å². The first-order chi connectivity index (χ1) is 8.36. The first-order valence-electron chi connectivity index (χ1n) is 4.83. The maximum absolute atomic E-state index is 11.6. The van der Waals surface area contributed by atoms with Crippen LogP contribution in [0.2, 0.25) is 0 Å². The molecule has 1 rings (SSSR count). The van der Waals surface area contributed by atoms with Gasteiger partial charge in [0.2, 0.25) is 0 Å². The molecular formula is C9H10N2O6S. The Hall–Kier alpha value is -2.16. The van der Waals surface area contributed by atoms with Crippen molar-refractivity contribution < 1.29 is 22.3 Å². The molecule has 98 valence electrons. The van der Waals surface area contributed by atoms with Crippen LogP contribution >= 0.6 is 0 Å². The number of nitrogens with one attached hydrogen (secondary N) is 1. The Labute approximate surface area is 103 Å². The molecule has 0 saturated carbocycles. The summed E-state index contributed by atoms with van der Waals surface area (Å²) in [5, 5.41) is 12.6. The highest BCUT2D eigenvalue weighted by molar-refractivity contribution is 7.87. The predicted molar refractivity (Wildman–Crippen MR) is 60.4 cm³/mol. The number of amides is 1. The fourth-order valence-corrected chi connectivity index (χ4v) is 1.94. The molecule has 18 heavy (non-hydrogen) atoms. The molecule has 1 aromatic rings. The van der Waals surface area contributed by atoms with Crippen LogP contribution in [-0.2, 0) is 14.3 Å². The van der Waals surface area contributed by atoms with Gasteiger partial charge in [-0.2, -0.15) is 8.42 Å². The average molecular weight is 274 g/mol. The summed E-state index contributed by atoms with van der Waals surface area (Å²) in [5.74, 6) is 0. The number of nitro benzene ring substituents is 1. The molecule has 0 aliphatic carbocycles. The van der Waals surface area contributed by atoms with Crippen molar-refractivity contribution in [3.8, 4) is 0 Å². The second-order valence-corrected chi connectivity index (χ2v) is 4.66. The number of carbonyl (C=O) groups is 1. The Kier molecular flexibility index (Phi) is 4.21. The molecule has 0 heterocycles. The predicted octanol–water partition coefficient (Wildman–Crippen LogP) is 1.03.